The summed E-state index contributed by atoms with van der Waals surface area (Å²) in [5.74, 6) is 1.38. The topological polar surface area (TPSA) is 69.3 Å². The third-order valence-corrected chi connectivity index (χ3v) is 5.16. The first-order valence-electron chi connectivity index (χ1n) is 10.4. The number of hydrogen-bond donors (Lipinski definition) is 1. The predicted molar refractivity (Wildman–Crippen MR) is 120 cm³/mol. The molecule has 1 aliphatic rings. The third kappa shape index (κ3) is 5.48. The second-order valence-corrected chi connectivity index (χ2v) is 8.86. The molecule has 1 N–H and O–H groups in total. The van der Waals surface area contributed by atoms with E-state index in [2.05, 4.69) is 25.2 Å². The van der Waals surface area contributed by atoms with Gasteiger partial charge in [-0.05, 0) is 49.6 Å². The highest BCUT2D eigenvalue weighted by molar-refractivity contribution is 5.88. The summed E-state index contributed by atoms with van der Waals surface area (Å²) in [7, 11) is 2.96. The van der Waals surface area contributed by atoms with E-state index < -0.39 is 5.79 Å². The van der Waals surface area contributed by atoms with E-state index in [1.807, 2.05) is 32.9 Å². The van der Waals surface area contributed by atoms with Gasteiger partial charge in [0, 0.05) is 37.7 Å². The van der Waals surface area contributed by atoms with E-state index in [1.165, 1.54) is 14.2 Å². The first kappa shape index (κ1) is 22.9. The molecule has 7 nitrogen and oxygen atoms in total. The van der Waals surface area contributed by atoms with Crippen LogP contribution < -0.4 is 14.8 Å². The minimum atomic E-state index is -0.696. The Balaban J connectivity index is 1.76. The molecule has 0 radical (unpaired) electrons. The fourth-order valence-electron chi connectivity index (χ4n) is 3.97. The van der Waals surface area contributed by atoms with Crippen LogP contribution in [0.1, 0.15) is 46.6 Å². The number of anilines is 1. The van der Waals surface area contributed by atoms with Gasteiger partial charge in [-0.2, -0.15) is 0 Å². The molecular formula is C24H32N2O5. The highest BCUT2D eigenvalue weighted by Crippen LogP contribution is 2.47. The van der Waals surface area contributed by atoms with Crippen molar-refractivity contribution in [2.45, 2.75) is 58.3 Å². The van der Waals surface area contributed by atoms with Gasteiger partial charge >= 0.3 is 6.03 Å². The summed E-state index contributed by atoms with van der Waals surface area (Å²) in [5.41, 5.74) is 1.67. The minimum absolute atomic E-state index is 0.0597. The van der Waals surface area contributed by atoms with E-state index in [0.717, 1.165) is 22.8 Å². The second kappa shape index (κ2) is 8.77. The number of nitrogens with zero attached hydrogens (tertiary/aromatic N) is 1. The van der Waals surface area contributed by atoms with E-state index in [-0.39, 0.29) is 17.6 Å². The van der Waals surface area contributed by atoms with Gasteiger partial charge in [0.25, 0.3) is 0 Å². The van der Waals surface area contributed by atoms with Gasteiger partial charge in [-0.25, -0.2) is 9.86 Å². The molecule has 7 heteroatoms. The Hall–Kier alpha value is -2.77. The summed E-state index contributed by atoms with van der Waals surface area (Å²) in [6, 6.07) is 12.6. The number of nitrogens with one attached hydrogen (secondary N) is 1. The zero-order chi connectivity index (χ0) is 22.8. The van der Waals surface area contributed by atoms with Crippen molar-refractivity contribution < 1.29 is 23.8 Å². The summed E-state index contributed by atoms with van der Waals surface area (Å²) < 4.78 is 18.4. The summed E-state index contributed by atoms with van der Waals surface area (Å²) >= 11 is 0. The fraction of sp³-hybridized carbons (Fsp3) is 0.458. The van der Waals surface area contributed by atoms with E-state index in [0.29, 0.717) is 17.2 Å². The van der Waals surface area contributed by atoms with Crippen molar-refractivity contribution in [2.75, 3.05) is 19.5 Å². The number of rotatable bonds is 6. The molecule has 0 saturated heterocycles. The molecular weight excluding hydrogens is 396 g/mol. The third-order valence-electron chi connectivity index (χ3n) is 5.16. The van der Waals surface area contributed by atoms with E-state index in [1.54, 1.807) is 24.3 Å². The molecule has 0 spiro atoms. The fourth-order valence-corrected chi connectivity index (χ4v) is 3.97. The van der Waals surface area contributed by atoms with Crippen LogP contribution in [0.25, 0.3) is 0 Å². The number of urea groups is 1. The Morgan fingerprint density at radius 1 is 1.10 bits per heavy atom. The Labute approximate surface area is 184 Å². The number of amides is 2. The second-order valence-electron chi connectivity index (χ2n) is 8.86. The molecule has 0 bridgehead atoms. The molecule has 2 aromatic carbocycles. The SMILES string of the molecule is CON(C)C(=O)Nc1ccc(Oc2ccc3c(c2)OC(C)(OC(C)C)CC3(C)C)cc1. The molecule has 1 aliphatic heterocycles. The number of fused-ring (bicyclic) bond motifs is 1. The van der Waals surface area contributed by atoms with Gasteiger partial charge < -0.3 is 19.5 Å². The maximum atomic E-state index is 11.9. The quantitative estimate of drug-likeness (QED) is 0.597. The molecule has 1 atom stereocenters. The average molecular weight is 429 g/mol. The molecule has 31 heavy (non-hydrogen) atoms. The molecule has 1 unspecified atom stereocenters. The molecule has 2 amide bonds. The summed E-state index contributed by atoms with van der Waals surface area (Å²) in [6.07, 6.45) is 0.820. The highest BCUT2D eigenvalue weighted by atomic mass is 16.7. The lowest BCUT2D eigenvalue weighted by Gasteiger charge is -2.44. The van der Waals surface area contributed by atoms with Gasteiger partial charge in [-0.3, -0.25) is 4.84 Å². The number of carbonyl (C=O) groups excluding carboxylic acids is 1. The van der Waals surface area contributed by atoms with Crippen LogP contribution in [-0.2, 0) is 15.0 Å². The minimum Gasteiger partial charge on any atom is -0.462 e. The molecule has 0 saturated carbocycles. The van der Waals surface area contributed by atoms with E-state index in [9.17, 15) is 4.79 Å². The Bertz CT molecular complexity index is 926. The monoisotopic (exact) mass is 428 g/mol. The first-order chi connectivity index (χ1) is 14.5. The van der Waals surface area contributed by atoms with Gasteiger partial charge in [0.1, 0.15) is 17.2 Å². The zero-order valence-electron chi connectivity index (χ0n) is 19.3. The van der Waals surface area contributed by atoms with Crippen molar-refractivity contribution in [1.82, 2.24) is 5.06 Å². The summed E-state index contributed by atoms with van der Waals surface area (Å²) in [6.45, 7) is 10.4. The van der Waals surface area contributed by atoms with Gasteiger partial charge in [0.05, 0.1) is 13.2 Å². The van der Waals surface area contributed by atoms with Crippen molar-refractivity contribution >= 4 is 11.7 Å². The van der Waals surface area contributed by atoms with Gasteiger partial charge in [-0.1, -0.05) is 19.9 Å². The van der Waals surface area contributed by atoms with Crippen LogP contribution in [0, 0.1) is 0 Å². The number of carbonyl (C=O) groups is 1. The van der Waals surface area contributed by atoms with Gasteiger partial charge in [0.2, 0.25) is 5.79 Å². The van der Waals surface area contributed by atoms with Crippen molar-refractivity contribution in [3.63, 3.8) is 0 Å². The molecule has 0 aliphatic carbocycles. The summed E-state index contributed by atoms with van der Waals surface area (Å²) in [4.78, 5) is 16.7. The standard InChI is InChI=1S/C24H32N2O5/c1-16(2)30-24(5)15-23(3,4)20-13-12-19(14-21(20)31-24)29-18-10-8-17(9-11-18)25-22(27)26(6)28-7/h8-14,16H,15H2,1-7H3,(H,25,27). The van der Waals surface area contributed by atoms with Crippen LogP contribution in [0.2, 0.25) is 0 Å². The Morgan fingerprint density at radius 2 is 1.74 bits per heavy atom. The number of benzene rings is 2. The van der Waals surface area contributed by atoms with Crippen LogP contribution >= 0.6 is 0 Å². The number of ether oxygens (including phenoxy) is 3. The molecule has 3 rings (SSSR count). The van der Waals surface area contributed by atoms with Crippen molar-refractivity contribution in [3.8, 4) is 17.2 Å². The molecule has 0 aromatic heterocycles. The van der Waals surface area contributed by atoms with E-state index in [4.69, 9.17) is 19.0 Å². The molecule has 2 aromatic rings. The zero-order valence-corrected chi connectivity index (χ0v) is 19.3. The van der Waals surface area contributed by atoms with Gasteiger partial charge in [-0.15, -0.1) is 0 Å². The molecule has 0 fully saturated rings. The lowest BCUT2D eigenvalue weighted by Crippen LogP contribution is -2.47. The lowest BCUT2D eigenvalue weighted by atomic mass is 9.76. The van der Waals surface area contributed by atoms with Crippen molar-refractivity contribution in [1.29, 1.82) is 0 Å². The maximum absolute atomic E-state index is 11.9. The highest BCUT2D eigenvalue weighted by Gasteiger charge is 2.43. The first-order valence-corrected chi connectivity index (χ1v) is 10.4. The van der Waals surface area contributed by atoms with Crippen LogP contribution in [-0.4, -0.2) is 37.1 Å². The van der Waals surface area contributed by atoms with Crippen LogP contribution in [0.3, 0.4) is 0 Å². The normalized spacial score (nSPS) is 19.4. The van der Waals surface area contributed by atoms with E-state index >= 15 is 0 Å². The Morgan fingerprint density at radius 3 is 2.35 bits per heavy atom. The number of hydroxylamine groups is 2. The maximum Gasteiger partial charge on any atom is 0.345 e. The Kier molecular flexibility index (Phi) is 6.48. The molecule has 168 valence electrons. The van der Waals surface area contributed by atoms with Crippen LogP contribution in [0.15, 0.2) is 42.5 Å². The summed E-state index contributed by atoms with van der Waals surface area (Å²) in [5, 5.41) is 3.84. The van der Waals surface area contributed by atoms with Crippen molar-refractivity contribution in [2.24, 2.45) is 0 Å². The number of hydrogen-bond acceptors (Lipinski definition) is 5. The van der Waals surface area contributed by atoms with Gasteiger partial charge in [0.15, 0.2) is 0 Å². The molecule has 1 heterocycles. The van der Waals surface area contributed by atoms with Crippen molar-refractivity contribution in [3.05, 3.63) is 48.0 Å². The lowest BCUT2D eigenvalue weighted by molar-refractivity contribution is -0.210. The van der Waals surface area contributed by atoms with Crippen LogP contribution in [0.4, 0.5) is 10.5 Å². The smallest absolute Gasteiger partial charge is 0.345 e. The average Bonchev–Trinajstić information content (AvgIpc) is 2.66. The largest absolute Gasteiger partial charge is 0.462 e. The van der Waals surface area contributed by atoms with Crippen LogP contribution in [0.5, 0.6) is 17.2 Å². The predicted octanol–water partition coefficient (Wildman–Crippen LogP) is 5.71.